The first-order valence-electron chi connectivity index (χ1n) is 6.78. The van der Waals surface area contributed by atoms with Gasteiger partial charge in [0.25, 0.3) is 0 Å². The Labute approximate surface area is 114 Å². The van der Waals surface area contributed by atoms with Crippen LogP contribution in [0.5, 0.6) is 0 Å². The SMILES string of the molecule is CCCCCNC(=O)NC(C)(C)c1ccccc1F. The standard InChI is InChI=1S/C15H23FN2O/c1-4-5-8-11-17-14(19)18-15(2,3)12-9-6-7-10-13(12)16/h6-7,9-10H,4-5,8,11H2,1-3H3,(H2,17,18,19). The predicted octanol–water partition coefficient (Wildman–Crippen LogP) is 3.55. The molecule has 0 aromatic heterocycles. The van der Waals surface area contributed by atoms with Crippen molar-refractivity contribution in [3.63, 3.8) is 0 Å². The van der Waals surface area contributed by atoms with E-state index in [4.69, 9.17) is 0 Å². The van der Waals surface area contributed by atoms with E-state index in [-0.39, 0.29) is 11.8 Å². The van der Waals surface area contributed by atoms with Crippen LogP contribution in [0.15, 0.2) is 24.3 Å². The lowest BCUT2D eigenvalue weighted by atomic mass is 9.94. The molecule has 0 heterocycles. The first-order valence-corrected chi connectivity index (χ1v) is 6.78. The molecule has 0 unspecified atom stereocenters. The Balaban J connectivity index is 2.55. The second-order valence-corrected chi connectivity index (χ2v) is 5.19. The van der Waals surface area contributed by atoms with Crippen molar-refractivity contribution in [1.82, 2.24) is 10.6 Å². The monoisotopic (exact) mass is 266 g/mol. The largest absolute Gasteiger partial charge is 0.338 e. The highest BCUT2D eigenvalue weighted by atomic mass is 19.1. The van der Waals surface area contributed by atoms with Gasteiger partial charge in [-0.05, 0) is 26.3 Å². The van der Waals surface area contributed by atoms with Gasteiger partial charge in [-0.2, -0.15) is 0 Å². The molecule has 19 heavy (non-hydrogen) atoms. The number of rotatable bonds is 6. The van der Waals surface area contributed by atoms with E-state index in [1.165, 1.54) is 6.07 Å². The lowest BCUT2D eigenvalue weighted by Gasteiger charge is -2.27. The van der Waals surface area contributed by atoms with Crippen molar-refractivity contribution in [2.75, 3.05) is 6.54 Å². The zero-order chi connectivity index (χ0) is 14.3. The van der Waals surface area contributed by atoms with Crippen molar-refractivity contribution in [3.8, 4) is 0 Å². The number of urea groups is 1. The summed E-state index contributed by atoms with van der Waals surface area (Å²) < 4.78 is 13.7. The summed E-state index contributed by atoms with van der Waals surface area (Å²) in [5.74, 6) is -0.307. The molecule has 0 aliphatic heterocycles. The Morgan fingerprint density at radius 1 is 1.26 bits per heavy atom. The van der Waals surface area contributed by atoms with E-state index in [1.807, 2.05) is 0 Å². The first-order chi connectivity index (χ1) is 8.97. The predicted molar refractivity (Wildman–Crippen MR) is 75.5 cm³/mol. The maximum absolute atomic E-state index is 13.7. The van der Waals surface area contributed by atoms with Gasteiger partial charge in [-0.25, -0.2) is 9.18 Å². The number of halogens is 1. The van der Waals surface area contributed by atoms with Crippen molar-refractivity contribution < 1.29 is 9.18 Å². The van der Waals surface area contributed by atoms with Gasteiger partial charge in [0, 0.05) is 12.1 Å². The van der Waals surface area contributed by atoms with Crippen molar-refractivity contribution >= 4 is 6.03 Å². The van der Waals surface area contributed by atoms with Crippen LogP contribution in [0.3, 0.4) is 0 Å². The van der Waals surface area contributed by atoms with Gasteiger partial charge in [0.2, 0.25) is 0 Å². The van der Waals surface area contributed by atoms with Crippen LogP contribution >= 0.6 is 0 Å². The van der Waals surface area contributed by atoms with Crippen molar-refractivity contribution in [3.05, 3.63) is 35.6 Å². The van der Waals surface area contributed by atoms with Gasteiger partial charge < -0.3 is 10.6 Å². The number of amides is 2. The van der Waals surface area contributed by atoms with Crippen molar-refractivity contribution in [2.45, 2.75) is 45.6 Å². The van der Waals surface area contributed by atoms with Gasteiger partial charge in [-0.1, -0.05) is 38.0 Å². The lowest BCUT2D eigenvalue weighted by Crippen LogP contribution is -2.47. The van der Waals surface area contributed by atoms with Gasteiger partial charge in [-0.15, -0.1) is 0 Å². The molecule has 4 heteroatoms. The van der Waals surface area contributed by atoms with Crippen molar-refractivity contribution in [1.29, 1.82) is 0 Å². The molecular formula is C15H23FN2O. The minimum Gasteiger partial charge on any atom is -0.338 e. The molecule has 1 aromatic rings. The Bertz CT molecular complexity index is 418. The fourth-order valence-corrected chi connectivity index (χ4v) is 1.94. The number of hydrogen-bond acceptors (Lipinski definition) is 1. The molecule has 0 aliphatic carbocycles. The maximum atomic E-state index is 13.7. The minimum atomic E-state index is -0.736. The molecule has 0 fully saturated rings. The average molecular weight is 266 g/mol. The molecule has 0 aliphatic rings. The molecule has 3 nitrogen and oxygen atoms in total. The van der Waals surface area contributed by atoms with Crippen LogP contribution in [0.4, 0.5) is 9.18 Å². The van der Waals surface area contributed by atoms with E-state index >= 15 is 0 Å². The number of hydrogen-bond donors (Lipinski definition) is 2. The van der Waals surface area contributed by atoms with Crippen LogP contribution in [0.25, 0.3) is 0 Å². The van der Waals surface area contributed by atoms with Crippen LogP contribution < -0.4 is 10.6 Å². The molecule has 1 aromatic carbocycles. The zero-order valence-electron chi connectivity index (χ0n) is 11.9. The van der Waals surface area contributed by atoms with Gasteiger partial charge in [-0.3, -0.25) is 0 Å². The Morgan fingerprint density at radius 2 is 1.95 bits per heavy atom. The molecule has 0 saturated heterocycles. The number of nitrogens with one attached hydrogen (secondary N) is 2. The highest BCUT2D eigenvalue weighted by molar-refractivity contribution is 5.74. The second-order valence-electron chi connectivity index (χ2n) is 5.19. The maximum Gasteiger partial charge on any atom is 0.315 e. The van der Waals surface area contributed by atoms with Gasteiger partial charge in [0.15, 0.2) is 0 Å². The quantitative estimate of drug-likeness (QED) is 0.760. The molecule has 0 atom stereocenters. The van der Waals surface area contributed by atoms with Crippen LogP contribution in [0.1, 0.15) is 45.6 Å². The summed E-state index contributed by atoms with van der Waals surface area (Å²) in [6.45, 7) is 6.34. The van der Waals surface area contributed by atoms with Crippen LogP contribution in [-0.2, 0) is 5.54 Å². The third kappa shape index (κ3) is 4.89. The van der Waals surface area contributed by atoms with Gasteiger partial charge >= 0.3 is 6.03 Å². The summed E-state index contributed by atoms with van der Waals surface area (Å²) in [6.07, 6.45) is 3.17. The van der Waals surface area contributed by atoms with Crippen LogP contribution in [0.2, 0.25) is 0 Å². The Kier molecular flexibility index (Phi) is 5.80. The van der Waals surface area contributed by atoms with E-state index in [2.05, 4.69) is 17.6 Å². The molecule has 0 bridgehead atoms. The van der Waals surface area contributed by atoms with Crippen LogP contribution in [-0.4, -0.2) is 12.6 Å². The summed E-state index contributed by atoms with van der Waals surface area (Å²) in [7, 11) is 0. The second kappa shape index (κ2) is 7.12. The molecule has 106 valence electrons. The highest BCUT2D eigenvalue weighted by Crippen LogP contribution is 2.22. The van der Waals surface area contributed by atoms with E-state index in [0.29, 0.717) is 12.1 Å². The summed E-state index contributed by atoms with van der Waals surface area (Å²) in [5.41, 5.74) is -0.251. The normalized spacial score (nSPS) is 11.2. The molecule has 2 amide bonds. The Hall–Kier alpha value is -1.58. The third-order valence-electron chi connectivity index (χ3n) is 3.04. The minimum absolute atomic E-state index is 0.260. The molecule has 0 radical (unpaired) electrons. The summed E-state index contributed by atoms with van der Waals surface area (Å²) >= 11 is 0. The molecule has 1 rings (SSSR count). The third-order valence-corrected chi connectivity index (χ3v) is 3.04. The average Bonchev–Trinajstić information content (AvgIpc) is 2.34. The lowest BCUT2D eigenvalue weighted by molar-refractivity contribution is 0.229. The smallest absolute Gasteiger partial charge is 0.315 e. The van der Waals surface area contributed by atoms with E-state index in [9.17, 15) is 9.18 Å². The number of carbonyl (C=O) groups excluding carboxylic acids is 1. The van der Waals surface area contributed by atoms with Crippen LogP contribution in [0, 0.1) is 5.82 Å². The van der Waals surface area contributed by atoms with E-state index < -0.39 is 5.54 Å². The Morgan fingerprint density at radius 3 is 2.58 bits per heavy atom. The fourth-order valence-electron chi connectivity index (χ4n) is 1.94. The number of benzene rings is 1. The molecule has 0 saturated carbocycles. The molecule has 2 N–H and O–H groups in total. The highest BCUT2D eigenvalue weighted by Gasteiger charge is 2.25. The summed E-state index contributed by atoms with van der Waals surface area (Å²) in [6, 6.07) is 6.23. The van der Waals surface area contributed by atoms with Crippen molar-refractivity contribution in [2.24, 2.45) is 0 Å². The van der Waals surface area contributed by atoms with E-state index in [0.717, 1.165) is 19.3 Å². The zero-order valence-corrected chi connectivity index (χ0v) is 11.9. The number of unbranched alkanes of at least 4 members (excludes halogenated alkanes) is 2. The molecule has 0 spiro atoms. The van der Waals surface area contributed by atoms with Gasteiger partial charge in [0.1, 0.15) is 5.82 Å². The fraction of sp³-hybridized carbons (Fsp3) is 0.533. The topological polar surface area (TPSA) is 41.1 Å². The first kappa shape index (κ1) is 15.5. The van der Waals surface area contributed by atoms with E-state index in [1.54, 1.807) is 32.0 Å². The summed E-state index contributed by atoms with van der Waals surface area (Å²) in [4.78, 5) is 11.8. The van der Waals surface area contributed by atoms with Gasteiger partial charge in [0.05, 0.1) is 5.54 Å². The molecular weight excluding hydrogens is 243 g/mol. The number of carbonyl (C=O) groups is 1. The summed E-state index contributed by atoms with van der Waals surface area (Å²) in [5, 5.41) is 5.59.